The molecule has 1 aromatic rings. The van der Waals surface area contributed by atoms with Gasteiger partial charge in [-0.2, -0.15) is 0 Å². The molecule has 1 aromatic carbocycles. The van der Waals surface area contributed by atoms with Crippen molar-refractivity contribution in [1.82, 2.24) is 9.80 Å². The maximum atomic E-state index is 12.8. The molecule has 0 saturated carbocycles. The van der Waals surface area contributed by atoms with E-state index < -0.39 is 0 Å². The van der Waals surface area contributed by atoms with Crippen molar-refractivity contribution >= 4 is 11.8 Å². The number of piperidine rings is 1. The Bertz CT molecular complexity index is 703. The Labute approximate surface area is 161 Å². The van der Waals surface area contributed by atoms with Crippen LogP contribution < -0.4 is 0 Å². The van der Waals surface area contributed by atoms with E-state index in [0.29, 0.717) is 45.1 Å². The number of likely N-dealkylation sites (tertiary alicyclic amines) is 1. The summed E-state index contributed by atoms with van der Waals surface area (Å²) >= 11 is 0. The van der Waals surface area contributed by atoms with Crippen LogP contribution in [0.15, 0.2) is 24.3 Å². The Morgan fingerprint density at radius 1 is 1.04 bits per heavy atom. The zero-order chi connectivity index (χ0) is 18.9. The predicted molar refractivity (Wildman–Crippen MR) is 104 cm³/mol. The Balaban J connectivity index is 1.50. The van der Waals surface area contributed by atoms with Gasteiger partial charge in [-0.15, -0.1) is 0 Å². The Hall–Kier alpha value is -1.88. The summed E-state index contributed by atoms with van der Waals surface area (Å²) in [6.45, 7) is 6.34. The normalized spacial score (nSPS) is 24.1. The Kier molecular flexibility index (Phi) is 5.22. The largest absolute Gasteiger partial charge is 0.378 e. The third-order valence-electron chi connectivity index (χ3n) is 6.77. The van der Waals surface area contributed by atoms with E-state index in [2.05, 4.69) is 24.3 Å². The summed E-state index contributed by atoms with van der Waals surface area (Å²) in [6.07, 6.45) is 4.24. The molecule has 2 heterocycles. The van der Waals surface area contributed by atoms with Gasteiger partial charge in [-0.1, -0.05) is 31.2 Å². The highest BCUT2D eigenvalue weighted by atomic mass is 16.5. The monoisotopic (exact) mass is 370 g/mol. The molecule has 1 aliphatic carbocycles. The summed E-state index contributed by atoms with van der Waals surface area (Å²) in [5.41, 5.74) is 2.92. The first-order valence-electron chi connectivity index (χ1n) is 10.4. The Morgan fingerprint density at radius 2 is 1.70 bits per heavy atom. The van der Waals surface area contributed by atoms with Gasteiger partial charge in [0.05, 0.1) is 13.2 Å². The molecule has 27 heavy (non-hydrogen) atoms. The molecule has 5 nitrogen and oxygen atoms in total. The van der Waals surface area contributed by atoms with Gasteiger partial charge in [0, 0.05) is 39.0 Å². The highest BCUT2D eigenvalue weighted by molar-refractivity contribution is 5.78. The molecule has 0 unspecified atom stereocenters. The van der Waals surface area contributed by atoms with Gasteiger partial charge in [-0.3, -0.25) is 9.59 Å². The lowest BCUT2D eigenvalue weighted by Gasteiger charge is -2.40. The van der Waals surface area contributed by atoms with Crippen molar-refractivity contribution in [2.75, 3.05) is 39.4 Å². The van der Waals surface area contributed by atoms with Crippen LogP contribution >= 0.6 is 0 Å². The number of hydrogen-bond acceptors (Lipinski definition) is 3. The van der Waals surface area contributed by atoms with E-state index in [1.807, 2.05) is 16.7 Å². The van der Waals surface area contributed by atoms with E-state index in [1.165, 1.54) is 11.1 Å². The van der Waals surface area contributed by atoms with Gasteiger partial charge in [0.25, 0.3) is 0 Å². The third-order valence-corrected chi connectivity index (χ3v) is 6.77. The number of ether oxygens (including phenoxy) is 1. The smallest absolute Gasteiger partial charge is 0.223 e. The van der Waals surface area contributed by atoms with Crippen LogP contribution in [0.1, 0.15) is 56.1 Å². The van der Waals surface area contributed by atoms with Crippen LogP contribution in [0.5, 0.6) is 0 Å². The summed E-state index contributed by atoms with van der Waals surface area (Å²) in [7, 11) is 0. The average Bonchev–Trinajstić information content (AvgIpc) is 3.02. The quantitative estimate of drug-likeness (QED) is 0.822. The molecule has 0 bridgehead atoms. The summed E-state index contributed by atoms with van der Waals surface area (Å²) in [5, 5.41) is 0. The van der Waals surface area contributed by atoms with Crippen LogP contribution in [0, 0.1) is 0 Å². The molecular formula is C22H30N2O3. The van der Waals surface area contributed by atoms with E-state index >= 15 is 0 Å². The van der Waals surface area contributed by atoms with Crippen molar-refractivity contribution in [1.29, 1.82) is 0 Å². The molecule has 4 rings (SSSR count). The fourth-order valence-corrected chi connectivity index (χ4v) is 5.24. The molecule has 146 valence electrons. The van der Waals surface area contributed by atoms with Crippen LogP contribution in [-0.2, 0) is 19.7 Å². The maximum Gasteiger partial charge on any atom is 0.223 e. The second-order valence-corrected chi connectivity index (χ2v) is 8.20. The van der Waals surface area contributed by atoms with Crippen LogP contribution in [-0.4, -0.2) is 61.0 Å². The zero-order valence-corrected chi connectivity index (χ0v) is 16.3. The van der Waals surface area contributed by atoms with Crippen LogP contribution in [0.25, 0.3) is 0 Å². The van der Waals surface area contributed by atoms with Gasteiger partial charge in [0.1, 0.15) is 0 Å². The van der Waals surface area contributed by atoms with Crippen LogP contribution in [0.4, 0.5) is 0 Å². The number of rotatable bonds is 3. The highest BCUT2D eigenvalue weighted by Gasteiger charge is 2.46. The molecule has 1 atom stereocenters. The van der Waals surface area contributed by atoms with Crippen molar-refractivity contribution in [2.24, 2.45) is 0 Å². The van der Waals surface area contributed by atoms with Gasteiger partial charge >= 0.3 is 0 Å². The minimum Gasteiger partial charge on any atom is -0.378 e. The van der Waals surface area contributed by atoms with E-state index in [-0.39, 0.29) is 17.2 Å². The van der Waals surface area contributed by atoms with Crippen molar-refractivity contribution in [2.45, 2.75) is 50.4 Å². The average molecular weight is 370 g/mol. The lowest BCUT2D eigenvalue weighted by atomic mass is 9.73. The van der Waals surface area contributed by atoms with Gasteiger partial charge < -0.3 is 14.5 Å². The minimum atomic E-state index is 0.136. The molecular weight excluding hydrogens is 340 g/mol. The van der Waals surface area contributed by atoms with Crippen LogP contribution in [0.3, 0.4) is 0 Å². The fourth-order valence-electron chi connectivity index (χ4n) is 5.24. The van der Waals surface area contributed by atoms with E-state index in [1.54, 1.807) is 0 Å². The van der Waals surface area contributed by atoms with E-state index in [4.69, 9.17) is 4.74 Å². The first-order valence-corrected chi connectivity index (χ1v) is 10.4. The van der Waals surface area contributed by atoms with Gasteiger partial charge in [0.15, 0.2) is 0 Å². The molecule has 1 spiro atoms. The second-order valence-electron chi connectivity index (χ2n) is 8.20. The third kappa shape index (κ3) is 3.49. The number of amides is 2. The number of hydrogen-bond donors (Lipinski definition) is 0. The summed E-state index contributed by atoms with van der Waals surface area (Å²) in [5.74, 6) is 0.814. The van der Waals surface area contributed by atoms with Crippen molar-refractivity contribution in [3.05, 3.63) is 35.4 Å². The SMILES string of the molecule is CCC(=O)N1CCC2(CC1)C[C@@H](CC(=O)N1CCOCC1)c1ccccc12. The molecule has 0 N–H and O–H groups in total. The number of carbonyl (C=O) groups is 2. The standard InChI is InChI=1S/C22H30N2O3/c1-2-20(25)23-9-7-22(8-10-23)16-17(18-5-3-4-6-19(18)22)15-21(26)24-11-13-27-14-12-24/h3-6,17H,2,7-16H2,1H3/t17-/m1/s1. The minimum absolute atomic E-state index is 0.136. The lowest BCUT2D eigenvalue weighted by Crippen LogP contribution is -2.44. The van der Waals surface area contributed by atoms with Crippen LogP contribution in [0.2, 0.25) is 0 Å². The first kappa shape index (κ1) is 18.5. The lowest BCUT2D eigenvalue weighted by molar-refractivity contribution is -0.135. The highest BCUT2D eigenvalue weighted by Crippen LogP contribution is 2.52. The van der Waals surface area contributed by atoms with Gasteiger partial charge in [-0.05, 0) is 41.7 Å². The van der Waals surface area contributed by atoms with Crippen molar-refractivity contribution < 1.29 is 14.3 Å². The molecule has 2 fully saturated rings. The maximum absolute atomic E-state index is 12.8. The molecule has 2 saturated heterocycles. The van der Waals surface area contributed by atoms with E-state index in [0.717, 1.165) is 32.4 Å². The number of fused-ring (bicyclic) bond motifs is 2. The topological polar surface area (TPSA) is 49.9 Å². The van der Waals surface area contributed by atoms with Crippen molar-refractivity contribution in [3.8, 4) is 0 Å². The number of benzene rings is 1. The zero-order valence-electron chi connectivity index (χ0n) is 16.3. The molecule has 0 radical (unpaired) electrons. The predicted octanol–water partition coefficient (Wildman–Crippen LogP) is 2.69. The number of nitrogens with zero attached hydrogens (tertiary/aromatic N) is 2. The molecule has 0 aromatic heterocycles. The van der Waals surface area contributed by atoms with Crippen molar-refractivity contribution in [3.63, 3.8) is 0 Å². The fraction of sp³-hybridized carbons (Fsp3) is 0.636. The summed E-state index contributed by atoms with van der Waals surface area (Å²) in [6, 6.07) is 8.69. The van der Waals surface area contributed by atoms with Gasteiger partial charge in [0.2, 0.25) is 11.8 Å². The molecule has 5 heteroatoms. The number of carbonyl (C=O) groups excluding carboxylic acids is 2. The summed E-state index contributed by atoms with van der Waals surface area (Å²) in [4.78, 5) is 28.9. The first-order chi connectivity index (χ1) is 13.1. The molecule has 2 aliphatic heterocycles. The Morgan fingerprint density at radius 3 is 2.41 bits per heavy atom. The number of morpholine rings is 1. The van der Waals surface area contributed by atoms with Gasteiger partial charge in [-0.25, -0.2) is 0 Å². The molecule has 2 amide bonds. The van der Waals surface area contributed by atoms with E-state index in [9.17, 15) is 9.59 Å². The second kappa shape index (κ2) is 7.63. The molecule has 3 aliphatic rings. The summed E-state index contributed by atoms with van der Waals surface area (Å²) < 4.78 is 5.38.